The number of nitrogens with one attached hydrogen (secondary N) is 2. The molecule has 8 heteroatoms. The normalized spacial score (nSPS) is 11.8. The van der Waals surface area contributed by atoms with Gasteiger partial charge in [-0.1, -0.05) is 6.07 Å². The minimum atomic E-state index is -1.05. The number of ether oxygens (including phenoxy) is 1. The second kappa shape index (κ2) is 8.19. The molecule has 0 aliphatic heterocycles. The Hall–Kier alpha value is -2.77. The lowest BCUT2D eigenvalue weighted by Crippen LogP contribution is -2.33. The molecule has 0 unspecified atom stereocenters. The SMILES string of the molecule is CC(=N)/C(C(=O)OCC(=O)c1c(F)cccc1F)=C(/N)NC(C)C. The number of esters is 1. The van der Waals surface area contributed by atoms with Crippen LogP contribution in [0, 0.1) is 17.0 Å². The molecule has 0 fully saturated rings. The Bertz CT molecular complexity index is 680. The molecule has 0 atom stereocenters. The highest BCUT2D eigenvalue weighted by molar-refractivity contribution is 6.18. The summed E-state index contributed by atoms with van der Waals surface area (Å²) in [4.78, 5) is 23.9. The van der Waals surface area contributed by atoms with Gasteiger partial charge in [-0.05, 0) is 32.9 Å². The van der Waals surface area contributed by atoms with Crippen molar-refractivity contribution in [1.29, 1.82) is 5.41 Å². The molecular weight excluding hydrogens is 320 g/mol. The lowest BCUT2D eigenvalue weighted by Gasteiger charge is -2.14. The van der Waals surface area contributed by atoms with Gasteiger partial charge in [0.1, 0.15) is 23.0 Å². The Morgan fingerprint density at radius 2 is 1.83 bits per heavy atom. The molecule has 0 spiro atoms. The summed E-state index contributed by atoms with van der Waals surface area (Å²) in [5, 5.41) is 10.3. The van der Waals surface area contributed by atoms with Crippen LogP contribution in [-0.4, -0.2) is 30.1 Å². The average molecular weight is 339 g/mol. The molecule has 0 amide bonds. The number of halogens is 2. The van der Waals surface area contributed by atoms with E-state index >= 15 is 0 Å². The van der Waals surface area contributed by atoms with Crippen LogP contribution in [0.2, 0.25) is 0 Å². The fourth-order valence-corrected chi connectivity index (χ4v) is 1.89. The first-order chi connectivity index (χ1) is 11.1. The minimum Gasteiger partial charge on any atom is -0.454 e. The maximum absolute atomic E-state index is 13.5. The first-order valence-electron chi connectivity index (χ1n) is 7.11. The number of Topliss-reactive ketones (excluding diaryl/α,β-unsaturated/α-hetero) is 1. The standard InChI is InChI=1S/C16H19F2N3O3/c1-8(2)21-15(20)13(9(3)19)16(23)24-7-12(22)14-10(17)5-4-6-11(14)18/h4-6,8,19,21H,7,20H2,1-3H3/b15-13+,19-9?. The van der Waals surface area contributed by atoms with E-state index in [1.54, 1.807) is 13.8 Å². The van der Waals surface area contributed by atoms with Crippen molar-refractivity contribution in [2.24, 2.45) is 5.73 Å². The number of hydrogen-bond acceptors (Lipinski definition) is 6. The van der Waals surface area contributed by atoms with Crippen molar-refractivity contribution >= 4 is 17.5 Å². The number of ketones is 1. The number of hydrogen-bond donors (Lipinski definition) is 3. The number of nitrogens with two attached hydrogens (primary N) is 1. The highest BCUT2D eigenvalue weighted by Crippen LogP contribution is 2.13. The quantitative estimate of drug-likeness (QED) is 0.304. The van der Waals surface area contributed by atoms with E-state index in [1.807, 2.05) is 0 Å². The Morgan fingerprint density at radius 3 is 2.29 bits per heavy atom. The van der Waals surface area contributed by atoms with Crippen LogP contribution in [0.1, 0.15) is 31.1 Å². The fourth-order valence-electron chi connectivity index (χ4n) is 1.89. The molecule has 1 aromatic carbocycles. The summed E-state index contributed by atoms with van der Waals surface area (Å²) in [6.07, 6.45) is 0. The maximum Gasteiger partial charge on any atom is 0.344 e. The van der Waals surface area contributed by atoms with E-state index in [2.05, 4.69) is 5.32 Å². The van der Waals surface area contributed by atoms with Gasteiger partial charge >= 0.3 is 5.97 Å². The van der Waals surface area contributed by atoms with Gasteiger partial charge in [-0.3, -0.25) is 4.79 Å². The van der Waals surface area contributed by atoms with E-state index in [9.17, 15) is 18.4 Å². The first-order valence-corrected chi connectivity index (χ1v) is 7.11. The highest BCUT2D eigenvalue weighted by atomic mass is 19.1. The second-order valence-corrected chi connectivity index (χ2v) is 5.31. The van der Waals surface area contributed by atoms with Crippen molar-refractivity contribution in [3.05, 3.63) is 46.8 Å². The number of carbonyl (C=O) groups is 2. The van der Waals surface area contributed by atoms with Gasteiger partial charge in [0.05, 0.1) is 5.56 Å². The molecular formula is C16H19F2N3O3. The molecule has 0 radical (unpaired) electrons. The van der Waals surface area contributed by atoms with Crippen molar-refractivity contribution in [1.82, 2.24) is 5.32 Å². The Balaban J connectivity index is 2.90. The molecule has 24 heavy (non-hydrogen) atoms. The van der Waals surface area contributed by atoms with Crippen molar-refractivity contribution in [3.8, 4) is 0 Å². The van der Waals surface area contributed by atoms with Gasteiger partial charge in [-0.2, -0.15) is 0 Å². The van der Waals surface area contributed by atoms with E-state index in [0.717, 1.165) is 18.2 Å². The average Bonchev–Trinajstić information content (AvgIpc) is 2.43. The van der Waals surface area contributed by atoms with Gasteiger partial charge < -0.3 is 21.2 Å². The van der Waals surface area contributed by atoms with Crippen molar-refractivity contribution < 1.29 is 23.1 Å². The molecule has 0 saturated carbocycles. The minimum absolute atomic E-state index is 0.0768. The van der Waals surface area contributed by atoms with Crippen LogP contribution in [0.4, 0.5) is 8.78 Å². The second-order valence-electron chi connectivity index (χ2n) is 5.31. The number of rotatable bonds is 7. The Labute approximate surface area is 138 Å². The van der Waals surface area contributed by atoms with Crippen LogP contribution in [0.5, 0.6) is 0 Å². The van der Waals surface area contributed by atoms with E-state index in [4.69, 9.17) is 15.9 Å². The molecule has 130 valence electrons. The van der Waals surface area contributed by atoms with E-state index in [1.165, 1.54) is 6.92 Å². The highest BCUT2D eigenvalue weighted by Gasteiger charge is 2.22. The summed E-state index contributed by atoms with van der Waals surface area (Å²) in [5.41, 5.74) is 4.51. The Kier molecular flexibility index (Phi) is 6.58. The Morgan fingerprint density at radius 1 is 1.29 bits per heavy atom. The number of carbonyl (C=O) groups excluding carboxylic acids is 2. The van der Waals surface area contributed by atoms with Gasteiger partial charge in [0.25, 0.3) is 0 Å². The third-order valence-electron chi connectivity index (χ3n) is 2.87. The van der Waals surface area contributed by atoms with Gasteiger partial charge in [0.2, 0.25) is 5.78 Å². The number of benzene rings is 1. The molecule has 0 heterocycles. The van der Waals surface area contributed by atoms with Crippen LogP contribution in [-0.2, 0) is 9.53 Å². The third-order valence-corrected chi connectivity index (χ3v) is 2.87. The van der Waals surface area contributed by atoms with E-state index < -0.39 is 35.6 Å². The largest absolute Gasteiger partial charge is 0.454 e. The molecule has 0 aliphatic carbocycles. The summed E-state index contributed by atoms with van der Waals surface area (Å²) in [7, 11) is 0. The van der Waals surface area contributed by atoms with Crippen molar-refractivity contribution in [3.63, 3.8) is 0 Å². The third kappa shape index (κ3) is 4.87. The monoisotopic (exact) mass is 339 g/mol. The van der Waals surface area contributed by atoms with Gasteiger partial charge in [-0.15, -0.1) is 0 Å². The van der Waals surface area contributed by atoms with Crippen LogP contribution < -0.4 is 11.1 Å². The topological polar surface area (TPSA) is 105 Å². The molecule has 0 saturated heterocycles. The van der Waals surface area contributed by atoms with E-state index in [-0.39, 0.29) is 23.1 Å². The predicted molar refractivity (Wildman–Crippen MR) is 84.5 cm³/mol. The van der Waals surface area contributed by atoms with Crippen molar-refractivity contribution in [2.45, 2.75) is 26.8 Å². The summed E-state index contributed by atoms with van der Waals surface area (Å²) >= 11 is 0. The molecule has 0 bridgehead atoms. The first kappa shape index (κ1) is 19.3. The molecule has 0 aliphatic rings. The van der Waals surface area contributed by atoms with Crippen LogP contribution in [0.25, 0.3) is 0 Å². The van der Waals surface area contributed by atoms with Crippen LogP contribution in [0.3, 0.4) is 0 Å². The molecule has 1 aromatic rings. The molecule has 0 aromatic heterocycles. The van der Waals surface area contributed by atoms with Crippen LogP contribution in [0.15, 0.2) is 29.6 Å². The fraction of sp³-hybridized carbons (Fsp3) is 0.312. The molecule has 6 nitrogen and oxygen atoms in total. The summed E-state index contributed by atoms with van der Waals surface area (Å²) in [6, 6.07) is 2.87. The molecule has 1 rings (SSSR count). The zero-order chi connectivity index (χ0) is 18.4. The summed E-state index contributed by atoms with van der Waals surface area (Å²) < 4.78 is 31.8. The zero-order valence-electron chi connectivity index (χ0n) is 13.6. The zero-order valence-corrected chi connectivity index (χ0v) is 13.6. The van der Waals surface area contributed by atoms with E-state index in [0.29, 0.717) is 0 Å². The lowest BCUT2D eigenvalue weighted by molar-refractivity contribution is -0.137. The smallest absolute Gasteiger partial charge is 0.344 e. The summed E-state index contributed by atoms with van der Waals surface area (Å²) in [5.74, 6) is -4.23. The molecule has 4 N–H and O–H groups in total. The van der Waals surface area contributed by atoms with Crippen LogP contribution >= 0.6 is 0 Å². The lowest BCUT2D eigenvalue weighted by atomic mass is 10.1. The predicted octanol–water partition coefficient (Wildman–Crippen LogP) is 1.90. The van der Waals surface area contributed by atoms with Crippen molar-refractivity contribution in [2.75, 3.05) is 6.61 Å². The van der Waals surface area contributed by atoms with Gasteiger partial charge in [-0.25, -0.2) is 13.6 Å². The summed E-state index contributed by atoms with van der Waals surface area (Å²) in [6.45, 7) is 4.01. The van der Waals surface area contributed by atoms with Gasteiger partial charge in [0, 0.05) is 11.8 Å². The van der Waals surface area contributed by atoms with Gasteiger partial charge in [0.15, 0.2) is 6.61 Å². The maximum atomic E-state index is 13.5.